The first-order chi connectivity index (χ1) is 9.07. The SMILES string of the molecule is CC[C@H](CCCCCCCCCCC(=O)O)C(=O)O. The Hall–Kier alpha value is -1.06. The summed E-state index contributed by atoms with van der Waals surface area (Å²) in [5, 5.41) is 17.4. The lowest BCUT2D eigenvalue weighted by atomic mass is 9.98. The van der Waals surface area contributed by atoms with Crippen LogP contribution in [0.5, 0.6) is 0 Å². The third-order valence-electron chi connectivity index (χ3n) is 3.54. The van der Waals surface area contributed by atoms with E-state index < -0.39 is 11.9 Å². The molecule has 1 atom stereocenters. The minimum absolute atomic E-state index is 0.170. The Morgan fingerprint density at radius 3 is 1.74 bits per heavy atom. The van der Waals surface area contributed by atoms with Crippen LogP contribution in [0.25, 0.3) is 0 Å². The predicted octanol–water partition coefficient (Wildman–Crippen LogP) is 4.08. The number of aliphatic carboxylic acids is 2. The van der Waals surface area contributed by atoms with Crippen LogP contribution >= 0.6 is 0 Å². The number of carboxylic acids is 2. The summed E-state index contributed by atoms with van der Waals surface area (Å²) in [7, 11) is 0. The zero-order chi connectivity index (χ0) is 14.5. The van der Waals surface area contributed by atoms with Gasteiger partial charge in [0.1, 0.15) is 0 Å². The number of carboxylic acid groups (broad SMARTS) is 2. The van der Waals surface area contributed by atoms with Crippen LogP contribution in [0, 0.1) is 5.92 Å². The van der Waals surface area contributed by atoms with Gasteiger partial charge in [-0.3, -0.25) is 9.59 Å². The summed E-state index contributed by atoms with van der Waals surface area (Å²) in [5.74, 6) is -1.54. The van der Waals surface area contributed by atoms with Gasteiger partial charge >= 0.3 is 11.9 Å². The molecule has 0 aliphatic heterocycles. The van der Waals surface area contributed by atoms with Gasteiger partial charge in [0.15, 0.2) is 0 Å². The van der Waals surface area contributed by atoms with Gasteiger partial charge in [-0.1, -0.05) is 51.9 Å². The lowest BCUT2D eigenvalue weighted by Crippen LogP contribution is -2.12. The maximum atomic E-state index is 10.8. The maximum absolute atomic E-state index is 10.8. The first kappa shape index (κ1) is 17.9. The van der Waals surface area contributed by atoms with Crippen molar-refractivity contribution >= 4 is 11.9 Å². The molecule has 0 aliphatic rings. The van der Waals surface area contributed by atoms with E-state index in [0.717, 1.165) is 57.8 Å². The molecule has 4 nitrogen and oxygen atoms in total. The lowest BCUT2D eigenvalue weighted by molar-refractivity contribution is -0.142. The highest BCUT2D eigenvalue weighted by atomic mass is 16.4. The summed E-state index contributed by atoms with van der Waals surface area (Å²) < 4.78 is 0. The van der Waals surface area contributed by atoms with Gasteiger partial charge in [0.2, 0.25) is 0 Å². The van der Waals surface area contributed by atoms with Gasteiger partial charge in [-0.2, -0.15) is 0 Å². The molecule has 0 aromatic heterocycles. The standard InChI is InChI=1S/C15H28O4/c1-2-13(15(18)19)11-9-7-5-3-4-6-8-10-12-14(16)17/h13H,2-12H2,1H3,(H,16,17)(H,18,19)/t13-/m1/s1. The van der Waals surface area contributed by atoms with E-state index in [9.17, 15) is 9.59 Å². The van der Waals surface area contributed by atoms with E-state index in [1.807, 2.05) is 6.92 Å². The van der Waals surface area contributed by atoms with Crippen LogP contribution < -0.4 is 0 Å². The Morgan fingerprint density at radius 1 is 0.842 bits per heavy atom. The molecular weight excluding hydrogens is 244 g/mol. The zero-order valence-electron chi connectivity index (χ0n) is 12.1. The minimum atomic E-state index is -0.705. The van der Waals surface area contributed by atoms with Crippen molar-refractivity contribution in [1.29, 1.82) is 0 Å². The Morgan fingerprint density at radius 2 is 1.32 bits per heavy atom. The van der Waals surface area contributed by atoms with Crippen molar-refractivity contribution in [2.45, 2.75) is 77.6 Å². The van der Waals surface area contributed by atoms with Crippen molar-refractivity contribution in [2.75, 3.05) is 0 Å². The highest BCUT2D eigenvalue weighted by Crippen LogP contribution is 2.15. The molecule has 0 amide bonds. The summed E-state index contributed by atoms with van der Waals surface area (Å²) in [6.45, 7) is 1.93. The van der Waals surface area contributed by atoms with Gasteiger partial charge in [-0.15, -0.1) is 0 Å². The molecule has 0 saturated carbocycles. The molecule has 0 aromatic rings. The van der Waals surface area contributed by atoms with Crippen molar-refractivity contribution in [3.63, 3.8) is 0 Å². The molecule has 0 spiro atoms. The fourth-order valence-corrected chi connectivity index (χ4v) is 2.23. The van der Waals surface area contributed by atoms with Crippen molar-refractivity contribution < 1.29 is 19.8 Å². The molecule has 0 aliphatic carbocycles. The second-order valence-electron chi connectivity index (χ2n) is 5.20. The first-order valence-corrected chi connectivity index (χ1v) is 7.52. The molecule has 0 bridgehead atoms. The topological polar surface area (TPSA) is 74.6 Å². The summed E-state index contributed by atoms with van der Waals surface area (Å²) in [6, 6.07) is 0. The zero-order valence-corrected chi connectivity index (χ0v) is 12.1. The van der Waals surface area contributed by atoms with Gasteiger partial charge in [-0.05, 0) is 19.3 Å². The Kier molecular flexibility index (Phi) is 11.3. The summed E-state index contributed by atoms with van der Waals surface area (Å²) >= 11 is 0. The van der Waals surface area contributed by atoms with Crippen LogP contribution in [0.1, 0.15) is 77.6 Å². The van der Waals surface area contributed by atoms with E-state index in [-0.39, 0.29) is 12.3 Å². The normalized spacial score (nSPS) is 12.3. The highest BCUT2D eigenvalue weighted by Gasteiger charge is 2.13. The number of hydrogen-bond donors (Lipinski definition) is 2. The number of unbranched alkanes of at least 4 members (excludes halogenated alkanes) is 7. The molecule has 0 rings (SSSR count). The van der Waals surface area contributed by atoms with Crippen LogP contribution in [-0.4, -0.2) is 22.2 Å². The van der Waals surface area contributed by atoms with Crippen molar-refractivity contribution in [1.82, 2.24) is 0 Å². The van der Waals surface area contributed by atoms with E-state index in [1.165, 1.54) is 6.42 Å². The van der Waals surface area contributed by atoms with Crippen LogP contribution in [0.3, 0.4) is 0 Å². The second kappa shape index (κ2) is 12.0. The lowest BCUT2D eigenvalue weighted by Gasteiger charge is -2.08. The van der Waals surface area contributed by atoms with Gasteiger partial charge in [0.25, 0.3) is 0 Å². The molecule has 0 aromatic carbocycles. The summed E-state index contributed by atoms with van der Waals surface area (Å²) in [4.78, 5) is 21.1. The third-order valence-corrected chi connectivity index (χ3v) is 3.54. The van der Waals surface area contributed by atoms with E-state index in [1.54, 1.807) is 0 Å². The number of hydrogen-bond acceptors (Lipinski definition) is 2. The highest BCUT2D eigenvalue weighted by molar-refractivity contribution is 5.69. The fraction of sp³-hybridized carbons (Fsp3) is 0.867. The van der Waals surface area contributed by atoms with Crippen molar-refractivity contribution in [2.24, 2.45) is 5.92 Å². The van der Waals surface area contributed by atoms with Crippen LogP contribution in [0.15, 0.2) is 0 Å². The molecule has 0 fully saturated rings. The fourth-order valence-electron chi connectivity index (χ4n) is 2.23. The minimum Gasteiger partial charge on any atom is -0.481 e. The van der Waals surface area contributed by atoms with E-state index >= 15 is 0 Å². The Labute approximate surface area is 116 Å². The average Bonchev–Trinajstić information content (AvgIpc) is 2.35. The third kappa shape index (κ3) is 11.7. The van der Waals surface area contributed by atoms with Crippen molar-refractivity contribution in [3.05, 3.63) is 0 Å². The smallest absolute Gasteiger partial charge is 0.306 e. The molecule has 0 radical (unpaired) electrons. The number of rotatable bonds is 13. The monoisotopic (exact) mass is 272 g/mol. The summed E-state index contributed by atoms with van der Waals surface area (Å²) in [5.41, 5.74) is 0. The van der Waals surface area contributed by atoms with Gasteiger partial charge in [-0.25, -0.2) is 0 Å². The Bertz CT molecular complexity index is 251. The quantitative estimate of drug-likeness (QED) is 0.495. The van der Waals surface area contributed by atoms with E-state index in [0.29, 0.717) is 0 Å². The summed E-state index contributed by atoms with van der Waals surface area (Å²) in [6.07, 6.45) is 10.3. The molecule has 19 heavy (non-hydrogen) atoms. The van der Waals surface area contributed by atoms with Gasteiger partial charge < -0.3 is 10.2 Å². The molecule has 112 valence electrons. The largest absolute Gasteiger partial charge is 0.481 e. The molecule has 0 unspecified atom stereocenters. The first-order valence-electron chi connectivity index (χ1n) is 7.52. The molecule has 2 N–H and O–H groups in total. The van der Waals surface area contributed by atoms with Crippen molar-refractivity contribution in [3.8, 4) is 0 Å². The van der Waals surface area contributed by atoms with Crippen LogP contribution in [0.2, 0.25) is 0 Å². The molecule has 4 heteroatoms. The van der Waals surface area contributed by atoms with Gasteiger partial charge in [0.05, 0.1) is 5.92 Å². The van der Waals surface area contributed by atoms with Crippen LogP contribution in [-0.2, 0) is 9.59 Å². The second-order valence-corrected chi connectivity index (χ2v) is 5.20. The molecule has 0 saturated heterocycles. The molecular formula is C15H28O4. The Balaban J connectivity index is 3.23. The average molecular weight is 272 g/mol. The van der Waals surface area contributed by atoms with Crippen LogP contribution in [0.4, 0.5) is 0 Å². The van der Waals surface area contributed by atoms with E-state index in [4.69, 9.17) is 10.2 Å². The number of carbonyl (C=O) groups is 2. The van der Waals surface area contributed by atoms with E-state index in [2.05, 4.69) is 0 Å². The predicted molar refractivity (Wildman–Crippen MR) is 75.2 cm³/mol. The molecule has 0 heterocycles. The maximum Gasteiger partial charge on any atom is 0.306 e. The van der Waals surface area contributed by atoms with Gasteiger partial charge in [0, 0.05) is 6.42 Å².